The topological polar surface area (TPSA) is 66.5 Å². The molecule has 0 aliphatic carbocycles. The molecule has 5 nitrogen and oxygen atoms in total. The molecule has 0 aliphatic rings. The molecule has 0 bridgehead atoms. The Kier molecular flexibility index (Phi) is 6.46. The normalized spacial score (nSPS) is 11.3. The lowest BCUT2D eigenvalue weighted by molar-refractivity contribution is -0.111. The molecule has 0 unspecified atom stereocenters. The number of sulfonamides is 1. The Morgan fingerprint density at radius 3 is 2.07 bits per heavy atom. The first-order chi connectivity index (χ1) is 14.0. The third kappa shape index (κ3) is 5.12. The number of hydrogen-bond acceptors (Lipinski definition) is 3. The van der Waals surface area contributed by atoms with Crippen LogP contribution in [0.15, 0.2) is 95.9 Å². The monoisotopic (exact) mass is 406 g/mol. The van der Waals surface area contributed by atoms with Crippen LogP contribution >= 0.6 is 0 Å². The van der Waals surface area contributed by atoms with Crippen LogP contribution in [0.25, 0.3) is 6.08 Å². The second-order valence-corrected chi connectivity index (χ2v) is 8.13. The molecule has 0 radical (unpaired) electrons. The third-order valence-electron chi connectivity index (χ3n) is 4.27. The summed E-state index contributed by atoms with van der Waals surface area (Å²) in [4.78, 5) is 12.3. The average molecular weight is 407 g/mol. The molecule has 0 heterocycles. The van der Waals surface area contributed by atoms with E-state index in [2.05, 4.69) is 5.32 Å². The number of para-hydroxylation sites is 1. The van der Waals surface area contributed by atoms with Crippen LogP contribution in [0.2, 0.25) is 0 Å². The van der Waals surface area contributed by atoms with Crippen molar-refractivity contribution >= 4 is 33.4 Å². The minimum Gasteiger partial charge on any atom is -0.323 e. The van der Waals surface area contributed by atoms with Gasteiger partial charge in [-0.2, -0.15) is 0 Å². The fourth-order valence-electron chi connectivity index (χ4n) is 2.84. The molecule has 1 amide bonds. The first kappa shape index (κ1) is 20.4. The summed E-state index contributed by atoms with van der Waals surface area (Å²) in [6.07, 6.45) is 3.15. The Hall–Kier alpha value is -3.38. The molecule has 0 atom stereocenters. The van der Waals surface area contributed by atoms with Gasteiger partial charge in [0.25, 0.3) is 10.0 Å². The van der Waals surface area contributed by atoms with Gasteiger partial charge in [-0.1, -0.05) is 48.5 Å². The number of benzene rings is 3. The molecule has 3 aromatic rings. The summed E-state index contributed by atoms with van der Waals surface area (Å²) < 4.78 is 27.3. The number of anilines is 2. The van der Waals surface area contributed by atoms with Crippen LogP contribution in [0.1, 0.15) is 12.5 Å². The van der Waals surface area contributed by atoms with E-state index in [1.807, 2.05) is 36.4 Å². The second kappa shape index (κ2) is 9.21. The van der Waals surface area contributed by atoms with Crippen molar-refractivity contribution in [3.05, 3.63) is 96.6 Å². The summed E-state index contributed by atoms with van der Waals surface area (Å²) in [6.45, 7) is 2.10. The summed E-state index contributed by atoms with van der Waals surface area (Å²) in [7, 11) is -3.69. The quantitative estimate of drug-likeness (QED) is 0.585. The van der Waals surface area contributed by atoms with Crippen LogP contribution < -0.4 is 9.62 Å². The molecule has 0 saturated heterocycles. The zero-order valence-electron chi connectivity index (χ0n) is 16.0. The maximum absolute atomic E-state index is 13.0. The van der Waals surface area contributed by atoms with E-state index in [0.717, 1.165) is 5.56 Å². The zero-order valence-corrected chi connectivity index (χ0v) is 16.8. The highest BCUT2D eigenvalue weighted by molar-refractivity contribution is 7.92. The van der Waals surface area contributed by atoms with Gasteiger partial charge in [0, 0.05) is 18.3 Å². The lowest BCUT2D eigenvalue weighted by Crippen LogP contribution is -2.30. The molecular formula is C23H22N2O3S. The largest absolute Gasteiger partial charge is 0.323 e. The number of nitrogens with zero attached hydrogens (tertiary/aromatic N) is 1. The lowest BCUT2D eigenvalue weighted by atomic mass is 10.2. The van der Waals surface area contributed by atoms with Gasteiger partial charge in [-0.3, -0.25) is 9.10 Å². The summed E-state index contributed by atoms with van der Waals surface area (Å²) in [5, 5.41) is 2.73. The van der Waals surface area contributed by atoms with Crippen molar-refractivity contribution in [2.75, 3.05) is 16.2 Å². The number of hydrogen-bond donors (Lipinski definition) is 1. The van der Waals surface area contributed by atoms with Crippen LogP contribution in [-0.4, -0.2) is 20.9 Å². The second-order valence-electron chi connectivity index (χ2n) is 6.26. The van der Waals surface area contributed by atoms with Crippen molar-refractivity contribution in [2.45, 2.75) is 11.8 Å². The molecule has 29 heavy (non-hydrogen) atoms. The Morgan fingerprint density at radius 1 is 0.897 bits per heavy atom. The molecule has 3 aromatic carbocycles. The standard InChI is InChI=1S/C23H22N2O3S/c1-2-25(21-11-7-4-8-12-21)29(27,28)22-16-14-20(15-17-22)24-23(26)18-13-19-9-5-3-6-10-19/h3-18H,2H2,1H3,(H,24,26). The van der Waals surface area contributed by atoms with Gasteiger partial charge in [0.15, 0.2) is 0 Å². The molecular weight excluding hydrogens is 384 g/mol. The molecule has 3 rings (SSSR count). The van der Waals surface area contributed by atoms with Crippen LogP contribution in [0.5, 0.6) is 0 Å². The zero-order chi connectivity index (χ0) is 20.7. The fraction of sp³-hybridized carbons (Fsp3) is 0.0870. The average Bonchev–Trinajstić information content (AvgIpc) is 2.74. The predicted molar refractivity (Wildman–Crippen MR) is 117 cm³/mol. The molecule has 1 N–H and O–H groups in total. The maximum Gasteiger partial charge on any atom is 0.264 e. The number of carbonyl (C=O) groups is 1. The molecule has 0 saturated carbocycles. The number of amides is 1. The predicted octanol–water partition coefficient (Wildman–Crippen LogP) is 4.55. The van der Waals surface area contributed by atoms with E-state index < -0.39 is 10.0 Å². The summed E-state index contributed by atoms with van der Waals surface area (Å²) in [5.41, 5.74) is 2.05. The van der Waals surface area contributed by atoms with Gasteiger partial charge in [0.1, 0.15) is 0 Å². The highest BCUT2D eigenvalue weighted by Crippen LogP contribution is 2.24. The van der Waals surface area contributed by atoms with Crippen molar-refractivity contribution in [2.24, 2.45) is 0 Å². The van der Waals surface area contributed by atoms with Gasteiger partial charge >= 0.3 is 0 Å². The molecule has 0 fully saturated rings. The van der Waals surface area contributed by atoms with Gasteiger partial charge < -0.3 is 5.32 Å². The molecule has 148 valence electrons. The number of nitrogens with one attached hydrogen (secondary N) is 1. The third-order valence-corrected chi connectivity index (χ3v) is 6.19. The van der Waals surface area contributed by atoms with Gasteiger partial charge in [-0.05, 0) is 55.0 Å². The van der Waals surface area contributed by atoms with Crippen molar-refractivity contribution < 1.29 is 13.2 Å². The molecule has 0 spiro atoms. The van der Waals surface area contributed by atoms with Crippen molar-refractivity contribution in [1.29, 1.82) is 0 Å². The van der Waals surface area contributed by atoms with Gasteiger partial charge in [0.05, 0.1) is 10.6 Å². The highest BCUT2D eigenvalue weighted by atomic mass is 32.2. The Balaban J connectivity index is 1.72. The maximum atomic E-state index is 13.0. The SMILES string of the molecule is CCN(c1ccccc1)S(=O)(=O)c1ccc(NC(=O)C=Cc2ccccc2)cc1. The Labute approximate surface area is 171 Å². The van der Waals surface area contributed by atoms with Crippen LogP contribution in [0, 0.1) is 0 Å². The summed E-state index contributed by atoms with van der Waals surface area (Å²) >= 11 is 0. The van der Waals surface area contributed by atoms with Gasteiger partial charge in [-0.25, -0.2) is 8.42 Å². The number of rotatable bonds is 7. The molecule has 0 aliphatic heterocycles. The Morgan fingerprint density at radius 2 is 1.48 bits per heavy atom. The summed E-state index contributed by atoms with van der Waals surface area (Å²) in [6, 6.07) is 24.6. The first-order valence-electron chi connectivity index (χ1n) is 9.22. The van der Waals surface area contributed by atoms with E-state index >= 15 is 0 Å². The van der Waals surface area contributed by atoms with Crippen molar-refractivity contribution in [3.63, 3.8) is 0 Å². The minimum atomic E-state index is -3.69. The lowest BCUT2D eigenvalue weighted by Gasteiger charge is -2.23. The van der Waals surface area contributed by atoms with Crippen molar-refractivity contribution in [1.82, 2.24) is 0 Å². The summed E-state index contributed by atoms with van der Waals surface area (Å²) in [5.74, 6) is -0.288. The minimum absolute atomic E-state index is 0.168. The molecule has 0 aromatic heterocycles. The highest BCUT2D eigenvalue weighted by Gasteiger charge is 2.23. The van der Waals surface area contributed by atoms with E-state index in [4.69, 9.17) is 0 Å². The van der Waals surface area contributed by atoms with E-state index in [1.165, 1.54) is 22.5 Å². The Bertz CT molecular complexity index is 1080. The smallest absolute Gasteiger partial charge is 0.264 e. The fourth-order valence-corrected chi connectivity index (χ4v) is 4.32. The van der Waals surface area contributed by atoms with Gasteiger partial charge in [-0.15, -0.1) is 0 Å². The van der Waals surface area contributed by atoms with E-state index in [0.29, 0.717) is 17.9 Å². The van der Waals surface area contributed by atoms with Gasteiger partial charge in [0.2, 0.25) is 5.91 Å². The molecule has 6 heteroatoms. The van der Waals surface area contributed by atoms with E-state index in [-0.39, 0.29) is 10.8 Å². The van der Waals surface area contributed by atoms with Crippen LogP contribution in [0.4, 0.5) is 11.4 Å². The first-order valence-corrected chi connectivity index (χ1v) is 10.7. The van der Waals surface area contributed by atoms with E-state index in [1.54, 1.807) is 49.4 Å². The van der Waals surface area contributed by atoms with Crippen LogP contribution in [-0.2, 0) is 14.8 Å². The number of carbonyl (C=O) groups excluding carboxylic acids is 1. The van der Waals surface area contributed by atoms with Crippen molar-refractivity contribution in [3.8, 4) is 0 Å². The van der Waals surface area contributed by atoms with Crippen LogP contribution in [0.3, 0.4) is 0 Å². The van der Waals surface area contributed by atoms with E-state index in [9.17, 15) is 13.2 Å².